The van der Waals surface area contributed by atoms with Crippen LogP contribution in [0.5, 0.6) is 0 Å². The Balaban J connectivity index is 1.73. The molecule has 0 bridgehead atoms. The summed E-state index contributed by atoms with van der Waals surface area (Å²) < 4.78 is 1.78. The van der Waals surface area contributed by atoms with E-state index >= 15 is 0 Å². The molecule has 0 saturated heterocycles. The van der Waals surface area contributed by atoms with Crippen molar-refractivity contribution in [3.05, 3.63) is 100 Å². The first-order valence-corrected chi connectivity index (χ1v) is 10.4. The average Bonchev–Trinajstić information content (AvgIpc) is 3.16. The van der Waals surface area contributed by atoms with Crippen LogP contribution in [0.25, 0.3) is 16.9 Å². The van der Waals surface area contributed by atoms with Gasteiger partial charge in [-0.15, -0.1) is 0 Å². The molecule has 1 aliphatic heterocycles. The fourth-order valence-corrected chi connectivity index (χ4v) is 4.19. The topological polar surface area (TPSA) is 38.1 Å². The van der Waals surface area contributed by atoms with Crippen LogP contribution < -0.4 is 4.90 Å². The van der Waals surface area contributed by atoms with Crippen LogP contribution in [0.3, 0.4) is 0 Å². The minimum Gasteiger partial charge on any atom is -0.308 e. The second-order valence-corrected chi connectivity index (χ2v) is 7.93. The van der Waals surface area contributed by atoms with Crippen LogP contribution in [0.1, 0.15) is 16.1 Å². The molecule has 4 aromatic rings. The van der Waals surface area contributed by atoms with Crippen LogP contribution in [0.15, 0.2) is 78.9 Å². The number of benzene rings is 3. The summed E-state index contributed by atoms with van der Waals surface area (Å²) in [4.78, 5) is 15.4. The van der Waals surface area contributed by atoms with Crippen molar-refractivity contribution in [1.29, 1.82) is 0 Å². The van der Waals surface area contributed by atoms with E-state index in [1.807, 2.05) is 78.9 Å². The van der Waals surface area contributed by atoms with E-state index in [9.17, 15) is 4.79 Å². The number of halogens is 2. The Morgan fingerprint density at radius 3 is 2.27 bits per heavy atom. The van der Waals surface area contributed by atoms with Gasteiger partial charge >= 0.3 is 0 Å². The summed E-state index contributed by atoms with van der Waals surface area (Å²) in [6, 6.07) is 24.7. The van der Waals surface area contributed by atoms with Gasteiger partial charge in [0.2, 0.25) is 0 Å². The summed E-state index contributed by atoms with van der Waals surface area (Å²) in [5, 5.41) is 6.01. The van der Waals surface area contributed by atoms with Crippen molar-refractivity contribution in [3.63, 3.8) is 0 Å². The molecule has 0 spiro atoms. The third-order valence-electron chi connectivity index (χ3n) is 5.26. The number of rotatable bonds is 3. The molecular weight excluding hydrogens is 417 g/mol. The normalized spacial score (nSPS) is 13.4. The molecule has 0 fully saturated rings. The molecule has 0 aliphatic carbocycles. The highest BCUT2D eigenvalue weighted by molar-refractivity contribution is 6.32. The Morgan fingerprint density at radius 1 is 0.833 bits per heavy atom. The zero-order chi connectivity index (χ0) is 20.7. The summed E-state index contributed by atoms with van der Waals surface area (Å²) in [6.45, 7) is 0.579. The van der Waals surface area contributed by atoms with Gasteiger partial charge in [-0.25, -0.2) is 4.68 Å². The second-order valence-electron chi connectivity index (χ2n) is 7.08. The van der Waals surface area contributed by atoms with Crippen molar-refractivity contribution < 1.29 is 4.79 Å². The Labute approximate surface area is 184 Å². The van der Waals surface area contributed by atoms with E-state index < -0.39 is 0 Å². The molecule has 2 heterocycles. The quantitative estimate of drug-likeness (QED) is 0.394. The van der Waals surface area contributed by atoms with Gasteiger partial charge in [0.25, 0.3) is 5.91 Å². The monoisotopic (exact) mass is 433 g/mol. The SMILES string of the molecule is O=C1c2c(nn(-c3ccccc3Cl)c2-c2ccc(Cl)cc2)CCN1c1ccccc1. The smallest absolute Gasteiger partial charge is 0.262 e. The predicted molar refractivity (Wildman–Crippen MR) is 121 cm³/mol. The van der Waals surface area contributed by atoms with Crippen LogP contribution >= 0.6 is 23.2 Å². The van der Waals surface area contributed by atoms with Gasteiger partial charge < -0.3 is 4.90 Å². The first-order valence-electron chi connectivity index (χ1n) is 9.63. The Hall–Kier alpha value is -3.08. The molecule has 6 heteroatoms. The molecule has 0 saturated carbocycles. The van der Waals surface area contributed by atoms with Gasteiger partial charge in [-0.1, -0.05) is 65.7 Å². The molecule has 5 rings (SSSR count). The maximum Gasteiger partial charge on any atom is 0.262 e. The Morgan fingerprint density at radius 2 is 1.53 bits per heavy atom. The van der Waals surface area contributed by atoms with Gasteiger partial charge in [-0.3, -0.25) is 4.79 Å². The minimum absolute atomic E-state index is 0.0642. The lowest BCUT2D eigenvalue weighted by atomic mass is 9.99. The van der Waals surface area contributed by atoms with Gasteiger partial charge in [-0.2, -0.15) is 5.10 Å². The van der Waals surface area contributed by atoms with Crippen molar-refractivity contribution in [2.45, 2.75) is 6.42 Å². The highest BCUT2D eigenvalue weighted by Crippen LogP contribution is 2.36. The molecule has 0 unspecified atom stereocenters. The van der Waals surface area contributed by atoms with E-state index in [4.69, 9.17) is 28.3 Å². The highest BCUT2D eigenvalue weighted by Gasteiger charge is 2.33. The molecule has 0 radical (unpaired) electrons. The van der Waals surface area contributed by atoms with Crippen molar-refractivity contribution in [3.8, 4) is 16.9 Å². The zero-order valence-electron chi connectivity index (χ0n) is 15.9. The van der Waals surface area contributed by atoms with Crippen molar-refractivity contribution in [2.24, 2.45) is 0 Å². The number of amides is 1. The summed E-state index contributed by atoms with van der Waals surface area (Å²) in [7, 11) is 0. The standard InChI is InChI=1S/C24H17Cl2N3O/c25-17-12-10-16(11-13-17)23-22-20(27-29(23)21-9-5-4-8-19(21)26)14-15-28(24(22)30)18-6-2-1-3-7-18/h1-13H,14-15H2. The van der Waals surface area contributed by atoms with Crippen LogP contribution in [0.2, 0.25) is 10.0 Å². The summed E-state index contributed by atoms with van der Waals surface area (Å²) >= 11 is 12.6. The second kappa shape index (κ2) is 7.63. The summed E-state index contributed by atoms with van der Waals surface area (Å²) in [5.74, 6) is -0.0642. The molecule has 1 aliphatic rings. The van der Waals surface area contributed by atoms with Crippen LogP contribution in [0, 0.1) is 0 Å². The molecule has 3 aromatic carbocycles. The van der Waals surface area contributed by atoms with Crippen molar-refractivity contribution in [1.82, 2.24) is 9.78 Å². The Bertz CT molecular complexity index is 1230. The Kier molecular flexibility index (Phi) is 4.81. The van der Waals surface area contributed by atoms with Crippen LogP contribution in [-0.2, 0) is 6.42 Å². The molecule has 30 heavy (non-hydrogen) atoms. The number of fused-ring (bicyclic) bond motifs is 1. The lowest BCUT2D eigenvalue weighted by molar-refractivity contribution is 0.0981. The number of anilines is 1. The molecular formula is C24H17Cl2N3O. The van der Waals surface area contributed by atoms with E-state index in [0.717, 1.165) is 28.3 Å². The van der Waals surface area contributed by atoms with Gasteiger partial charge in [-0.05, 0) is 36.4 Å². The highest BCUT2D eigenvalue weighted by atomic mass is 35.5. The largest absolute Gasteiger partial charge is 0.308 e. The van der Waals surface area contributed by atoms with E-state index in [0.29, 0.717) is 28.6 Å². The van der Waals surface area contributed by atoms with Crippen LogP contribution in [-0.4, -0.2) is 22.2 Å². The van der Waals surface area contributed by atoms with Crippen molar-refractivity contribution >= 4 is 34.8 Å². The molecule has 0 atom stereocenters. The third-order valence-corrected chi connectivity index (χ3v) is 5.83. The molecule has 1 amide bonds. The number of para-hydroxylation sites is 2. The molecule has 148 valence electrons. The fraction of sp³-hybridized carbons (Fsp3) is 0.0833. The van der Waals surface area contributed by atoms with Gasteiger partial charge in [0, 0.05) is 29.2 Å². The van der Waals surface area contributed by atoms with E-state index in [2.05, 4.69) is 0 Å². The number of nitrogens with zero attached hydrogens (tertiary/aromatic N) is 3. The number of carbonyl (C=O) groups is 1. The van der Waals surface area contributed by atoms with Gasteiger partial charge in [0.15, 0.2) is 0 Å². The molecule has 4 nitrogen and oxygen atoms in total. The van der Waals surface area contributed by atoms with Gasteiger partial charge in [0.05, 0.1) is 27.7 Å². The van der Waals surface area contributed by atoms with Crippen LogP contribution in [0.4, 0.5) is 5.69 Å². The first-order chi connectivity index (χ1) is 14.6. The molecule has 0 N–H and O–H groups in total. The summed E-state index contributed by atoms with van der Waals surface area (Å²) in [5.41, 5.74) is 4.57. The van der Waals surface area contributed by atoms with E-state index in [1.165, 1.54) is 0 Å². The van der Waals surface area contributed by atoms with E-state index in [1.54, 1.807) is 9.58 Å². The zero-order valence-corrected chi connectivity index (χ0v) is 17.4. The third kappa shape index (κ3) is 3.18. The number of carbonyl (C=O) groups excluding carboxylic acids is 1. The lowest BCUT2D eigenvalue weighted by Crippen LogP contribution is -2.37. The molecule has 1 aromatic heterocycles. The lowest BCUT2D eigenvalue weighted by Gasteiger charge is -2.27. The fourth-order valence-electron chi connectivity index (χ4n) is 3.84. The summed E-state index contributed by atoms with van der Waals surface area (Å²) in [6.07, 6.45) is 0.661. The number of aromatic nitrogens is 2. The van der Waals surface area contributed by atoms with E-state index in [-0.39, 0.29) is 5.91 Å². The number of hydrogen-bond donors (Lipinski definition) is 0. The van der Waals surface area contributed by atoms with Gasteiger partial charge in [0.1, 0.15) is 0 Å². The maximum atomic E-state index is 13.6. The van der Waals surface area contributed by atoms with Crippen molar-refractivity contribution in [2.75, 3.05) is 11.4 Å². The minimum atomic E-state index is -0.0642. The maximum absolute atomic E-state index is 13.6. The average molecular weight is 434 g/mol. The number of hydrogen-bond acceptors (Lipinski definition) is 2. The first kappa shape index (κ1) is 18.9. The predicted octanol–water partition coefficient (Wildman–Crippen LogP) is 6.05.